The zero-order valence-corrected chi connectivity index (χ0v) is 12.5. The molecule has 0 radical (unpaired) electrons. The second-order valence-corrected chi connectivity index (χ2v) is 5.27. The molecule has 0 aliphatic heterocycles. The van der Waals surface area contributed by atoms with Crippen molar-refractivity contribution in [3.8, 4) is 0 Å². The average molecular weight is 336 g/mol. The van der Waals surface area contributed by atoms with Gasteiger partial charge in [-0.25, -0.2) is 0 Å². The zero-order chi connectivity index (χ0) is 14.5. The Hall–Kier alpha value is -1.79. The van der Waals surface area contributed by atoms with Gasteiger partial charge in [-0.3, -0.25) is 15.1 Å². The molecule has 1 heterocycles. The van der Waals surface area contributed by atoms with Gasteiger partial charge in [-0.15, -0.1) is 0 Å². The van der Waals surface area contributed by atoms with Gasteiger partial charge in [0.2, 0.25) is 0 Å². The van der Waals surface area contributed by atoms with Crippen molar-refractivity contribution < 1.29 is 4.92 Å². The van der Waals surface area contributed by atoms with Crippen molar-refractivity contribution in [1.82, 2.24) is 10.3 Å². The Morgan fingerprint density at radius 1 is 1.35 bits per heavy atom. The summed E-state index contributed by atoms with van der Waals surface area (Å²) in [5, 5.41) is 14.1. The molecule has 6 heteroatoms. The predicted octanol–water partition coefficient (Wildman–Crippen LogP) is 3.60. The highest BCUT2D eigenvalue weighted by atomic mass is 79.9. The maximum Gasteiger partial charge on any atom is 0.270 e. The Morgan fingerprint density at radius 3 is 2.65 bits per heavy atom. The summed E-state index contributed by atoms with van der Waals surface area (Å²) in [6, 6.07) is 8.90. The first kappa shape index (κ1) is 14.6. The highest BCUT2D eigenvalue weighted by Gasteiger charge is 2.10. The molecular formula is C14H14BrN3O2. The second-order valence-electron chi connectivity index (χ2n) is 4.42. The minimum Gasteiger partial charge on any atom is -0.306 e. The number of pyridine rings is 1. The number of nitrogens with one attached hydrogen (secondary N) is 1. The number of hydrogen-bond acceptors (Lipinski definition) is 4. The molecule has 104 valence electrons. The molecule has 1 N–H and O–H groups in total. The van der Waals surface area contributed by atoms with Gasteiger partial charge >= 0.3 is 0 Å². The molecule has 1 aromatic carbocycles. The number of non-ortho nitro benzene ring substituents is 1. The first-order chi connectivity index (χ1) is 9.58. The number of nitro benzene ring substituents is 1. The molecule has 0 spiro atoms. The third-order valence-corrected chi connectivity index (χ3v) is 3.79. The van der Waals surface area contributed by atoms with Crippen LogP contribution < -0.4 is 5.32 Å². The van der Waals surface area contributed by atoms with Gasteiger partial charge in [0.1, 0.15) is 0 Å². The molecule has 0 unspecified atom stereocenters. The van der Waals surface area contributed by atoms with E-state index < -0.39 is 4.92 Å². The minimum absolute atomic E-state index is 0.0859. The lowest BCUT2D eigenvalue weighted by Gasteiger charge is -2.14. The van der Waals surface area contributed by atoms with Crippen molar-refractivity contribution in [3.05, 3.63) is 68.4 Å². The Kier molecular flexibility index (Phi) is 4.81. The van der Waals surface area contributed by atoms with Gasteiger partial charge in [-0.1, -0.05) is 15.9 Å². The van der Waals surface area contributed by atoms with Crippen LogP contribution in [0.3, 0.4) is 0 Å². The van der Waals surface area contributed by atoms with Crippen LogP contribution in [-0.4, -0.2) is 9.91 Å². The second kappa shape index (κ2) is 6.58. The van der Waals surface area contributed by atoms with Crippen LogP contribution in [-0.2, 0) is 6.54 Å². The minimum atomic E-state index is -0.401. The van der Waals surface area contributed by atoms with E-state index in [1.807, 2.05) is 12.1 Å². The van der Waals surface area contributed by atoms with Crippen molar-refractivity contribution in [1.29, 1.82) is 0 Å². The van der Waals surface area contributed by atoms with Crippen molar-refractivity contribution in [3.63, 3.8) is 0 Å². The Bertz CT molecular complexity index is 605. The number of rotatable bonds is 5. The standard InChI is InChI=1S/C14H14BrN3O2/c1-10(11-4-6-16-7-5-11)17-9-12-2-3-13(18(19)20)8-14(12)15/h2-8,10,17H,9H2,1H3/t10-/m1/s1. The highest BCUT2D eigenvalue weighted by Crippen LogP contribution is 2.23. The Balaban J connectivity index is 2.02. The topological polar surface area (TPSA) is 68.1 Å². The zero-order valence-electron chi connectivity index (χ0n) is 10.9. The summed E-state index contributed by atoms with van der Waals surface area (Å²) >= 11 is 3.37. The van der Waals surface area contributed by atoms with E-state index in [9.17, 15) is 10.1 Å². The first-order valence-electron chi connectivity index (χ1n) is 6.14. The van der Waals surface area contributed by atoms with Crippen molar-refractivity contribution >= 4 is 21.6 Å². The summed E-state index contributed by atoms with van der Waals surface area (Å²) in [5.74, 6) is 0. The fourth-order valence-electron chi connectivity index (χ4n) is 1.83. The van der Waals surface area contributed by atoms with Gasteiger partial charge in [-0.2, -0.15) is 0 Å². The van der Waals surface area contributed by atoms with Crippen LogP contribution in [0.25, 0.3) is 0 Å². The molecule has 2 rings (SSSR count). The Labute approximate surface area is 125 Å². The quantitative estimate of drug-likeness (QED) is 0.669. The third-order valence-electron chi connectivity index (χ3n) is 3.05. The molecule has 0 saturated carbocycles. The fourth-order valence-corrected chi connectivity index (χ4v) is 2.33. The summed E-state index contributed by atoms with van der Waals surface area (Å²) in [7, 11) is 0. The average Bonchev–Trinajstić information content (AvgIpc) is 2.46. The first-order valence-corrected chi connectivity index (χ1v) is 6.93. The number of nitro groups is 1. The predicted molar refractivity (Wildman–Crippen MR) is 80.3 cm³/mol. The molecule has 1 aromatic heterocycles. The van der Waals surface area contributed by atoms with Crippen LogP contribution in [0, 0.1) is 10.1 Å². The lowest BCUT2D eigenvalue weighted by Crippen LogP contribution is -2.18. The van der Waals surface area contributed by atoms with Crippen LogP contribution >= 0.6 is 15.9 Å². The van der Waals surface area contributed by atoms with Gasteiger partial charge in [0, 0.05) is 41.6 Å². The summed E-state index contributed by atoms with van der Waals surface area (Å²) in [5.41, 5.74) is 2.22. The van der Waals surface area contributed by atoms with Crippen LogP contribution in [0.5, 0.6) is 0 Å². The van der Waals surface area contributed by atoms with Crippen molar-refractivity contribution in [2.45, 2.75) is 19.5 Å². The van der Waals surface area contributed by atoms with Crippen LogP contribution in [0.15, 0.2) is 47.2 Å². The molecule has 0 aliphatic rings. The molecular weight excluding hydrogens is 322 g/mol. The lowest BCUT2D eigenvalue weighted by atomic mass is 10.1. The molecule has 20 heavy (non-hydrogen) atoms. The van der Waals surface area contributed by atoms with Crippen molar-refractivity contribution in [2.75, 3.05) is 0 Å². The molecule has 1 atom stereocenters. The van der Waals surface area contributed by atoms with Crippen LogP contribution in [0.2, 0.25) is 0 Å². The summed E-state index contributed by atoms with van der Waals surface area (Å²) in [4.78, 5) is 14.3. The van der Waals surface area contributed by atoms with Gasteiger partial charge in [0.15, 0.2) is 0 Å². The smallest absolute Gasteiger partial charge is 0.270 e. The molecule has 5 nitrogen and oxygen atoms in total. The molecule has 0 fully saturated rings. The largest absolute Gasteiger partial charge is 0.306 e. The summed E-state index contributed by atoms with van der Waals surface area (Å²) in [6.07, 6.45) is 3.52. The van der Waals surface area contributed by atoms with E-state index >= 15 is 0 Å². The molecule has 0 saturated heterocycles. The van der Waals surface area contributed by atoms with Crippen molar-refractivity contribution in [2.24, 2.45) is 0 Å². The van der Waals surface area contributed by atoms with Gasteiger partial charge in [0.05, 0.1) is 4.92 Å². The van der Waals surface area contributed by atoms with E-state index in [1.54, 1.807) is 18.5 Å². The summed E-state index contributed by atoms with van der Waals surface area (Å²) < 4.78 is 0.737. The van der Waals surface area contributed by atoms with Gasteiger partial charge < -0.3 is 5.32 Å². The maximum atomic E-state index is 10.7. The number of nitrogens with zero attached hydrogens (tertiary/aromatic N) is 2. The molecule has 0 aliphatic carbocycles. The Morgan fingerprint density at radius 2 is 2.05 bits per heavy atom. The van der Waals surface area contributed by atoms with E-state index in [0.29, 0.717) is 6.54 Å². The summed E-state index contributed by atoms with van der Waals surface area (Å²) in [6.45, 7) is 2.69. The van der Waals surface area contributed by atoms with Gasteiger partial charge in [0.25, 0.3) is 5.69 Å². The van der Waals surface area contributed by atoms with E-state index in [0.717, 1.165) is 15.6 Å². The van der Waals surface area contributed by atoms with E-state index in [1.165, 1.54) is 12.1 Å². The van der Waals surface area contributed by atoms with Crippen LogP contribution in [0.1, 0.15) is 24.1 Å². The molecule has 0 bridgehead atoms. The molecule has 2 aromatic rings. The van der Waals surface area contributed by atoms with E-state index in [2.05, 4.69) is 33.2 Å². The molecule has 0 amide bonds. The fraction of sp³-hybridized carbons (Fsp3) is 0.214. The maximum absolute atomic E-state index is 10.7. The number of benzene rings is 1. The SMILES string of the molecule is C[C@@H](NCc1ccc([N+](=O)[O-])cc1Br)c1ccncc1. The number of hydrogen-bond donors (Lipinski definition) is 1. The number of aromatic nitrogens is 1. The number of halogens is 1. The van der Waals surface area contributed by atoms with E-state index in [-0.39, 0.29) is 11.7 Å². The lowest BCUT2D eigenvalue weighted by molar-refractivity contribution is -0.384. The normalized spacial score (nSPS) is 12.1. The third kappa shape index (κ3) is 3.61. The monoisotopic (exact) mass is 335 g/mol. The highest BCUT2D eigenvalue weighted by molar-refractivity contribution is 9.10. The van der Waals surface area contributed by atoms with E-state index in [4.69, 9.17) is 0 Å². The van der Waals surface area contributed by atoms with Gasteiger partial charge in [-0.05, 0) is 36.2 Å². The van der Waals surface area contributed by atoms with Crippen LogP contribution in [0.4, 0.5) is 5.69 Å².